The van der Waals surface area contributed by atoms with Crippen LogP contribution in [0.2, 0.25) is 0 Å². The third-order valence-corrected chi connectivity index (χ3v) is 0. The second-order valence-corrected chi connectivity index (χ2v) is 0.394. The molecule has 1 unspecified atom stereocenters. The standard InChI is InChI=1S/C2H3O2.AsH3/c1-2(3)4;/h1H2,(H,3,4);1H3. The van der Waals surface area contributed by atoms with Crippen LogP contribution < -0.4 is 0 Å². The zero-order valence-corrected chi connectivity index (χ0v) is 5.74. The molecule has 0 spiro atoms. The maximum absolute atomic E-state index is 8.89. The molecule has 0 saturated heterocycles. The number of rotatable bonds is 0. The van der Waals surface area contributed by atoms with Crippen LogP contribution >= 0.6 is 0 Å². The van der Waals surface area contributed by atoms with Gasteiger partial charge in [0.1, 0.15) is 0 Å². The van der Waals surface area contributed by atoms with E-state index >= 15 is 0 Å². The van der Waals surface area contributed by atoms with Crippen molar-refractivity contribution < 1.29 is 9.90 Å². The van der Waals surface area contributed by atoms with Crippen LogP contribution in [0, 0.1) is 6.92 Å². The van der Waals surface area contributed by atoms with Gasteiger partial charge in [-0.3, -0.25) is 4.79 Å². The minimum Gasteiger partial charge on any atom is -0.481 e. The van der Waals surface area contributed by atoms with Gasteiger partial charge in [0.05, 0.1) is 6.92 Å². The molecule has 2 nitrogen and oxygen atoms in total. The first kappa shape index (κ1) is 8.90. The molecule has 0 aliphatic carbocycles. The molecule has 0 aromatic rings. The van der Waals surface area contributed by atoms with E-state index < -0.39 is 5.97 Å². The maximum atomic E-state index is 8.89. The number of hydrogen-bond acceptors (Lipinski definition) is 1. The maximum Gasteiger partial charge on any atom is 0.303 e. The molecule has 0 bridgehead atoms. The molecule has 31 valence electrons. The Labute approximate surface area is 41.5 Å². The van der Waals surface area contributed by atoms with Gasteiger partial charge >= 0.3 is 23.9 Å². The van der Waals surface area contributed by atoms with Crippen molar-refractivity contribution in [1.82, 2.24) is 0 Å². The van der Waals surface area contributed by atoms with Crippen LogP contribution in [0.25, 0.3) is 0 Å². The van der Waals surface area contributed by atoms with Crippen LogP contribution in [0.3, 0.4) is 0 Å². The molecule has 0 aliphatic rings. The van der Waals surface area contributed by atoms with E-state index in [1.807, 2.05) is 0 Å². The fourth-order valence-electron chi connectivity index (χ4n) is 0. The molecule has 1 atom stereocenters. The van der Waals surface area contributed by atoms with Gasteiger partial charge in [-0.2, -0.15) is 0 Å². The van der Waals surface area contributed by atoms with Crippen molar-refractivity contribution in [3.05, 3.63) is 6.92 Å². The molecule has 0 rings (SSSR count). The number of carboxylic acid groups (broad SMARTS) is 1. The minimum atomic E-state index is -1.08. The van der Waals surface area contributed by atoms with Crippen molar-refractivity contribution in [2.45, 2.75) is 0 Å². The second kappa shape index (κ2) is 4.03. The fraction of sp³-hybridized carbons (Fsp3) is 0. The molecule has 0 aliphatic heterocycles. The summed E-state index contributed by atoms with van der Waals surface area (Å²) in [7, 11) is 0. The molecule has 0 saturated carbocycles. The molecular formula is C2H6AsO2. The van der Waals surface area contributed by atoms with E-state index in [2.05, 4.69) is 6.92 Å². The summed E-state index contributed by atoms with van der Waals surface area (Å²) in [6.45, 7) is 2.56. The van der Waals surface area contributed by atoms with Gasteiger partial charge in [0, 0.05) is 0 Å². The van der Waals surface area contributed by atoms with Gasteiger partial charge in [0.25, 0.3) is 0 Å². The Morgan fingerprint density at radius 3 is 1.80 bits per heavy atom. The van der Waals surface area contributed by atoms with Crippen LogP contribution in [0.1, 0.15) is 0 Å². The van der Waals surface area contributed by atoms with E-state index in [1.54, 1.807) is 0 Å². The largest absolute Gasteiger partial charge is 0.481 e. The average molecular weight is 137 g/mol. The summed E-state index contributed by atoms with van der Waals surface area (Å²) in [4.78, 5) is 8.89. The predicted molar refractivity (Wildman–Crippen MR) is 22.9 cm³/mol. The third kappa shape index (κ3) is 20500. The Balaban J connectivity index is 0. The molecule has 0 aromatic heterocycles. The molecule has 5 heavy (non-hydrogen) atoms. The van der Waals surface area contributed by atoms with Gasteiger partial charge in [-0.1, -0.05) is 0 Å². The van der Waals surface area contributed by atoms with Gasteiger partial charge in [-0.25, -0.2) is 0 Å². The second-order valence-electron chi connectivity index (χ2n) is 0.394. The topological polar surface area (TPSA) is 37.3 Å². The van der Waals surface area contributed by atoms with Gasteiger partial charge < -0.3 is 5.11 Å². The predicted octanol–water partition coefficient (Wildman–Crippen LogP) is -1.28. The first-order valence-corrected chi connectivity index (χ1v) is 0.781. The van der Waals surface area contributed by atoms with Gasteiger partial charge in [0.2, 0.25) is 0 Å². The zero-order valence-electron chi connectivity index (χ0n) is 2.77. The smallest absolute Gasteiger partial charge is 0.303 e. The number of hydrogen-bond donors (Lipinski definition) is 1. The van der Waals surface area contributed by atoms with Crippen LogP contribution in [0.15, 0.2) is 0 Å². The molecule has 0 fully saturated rings. The molecule has 1 radical (unpaired) electrons. The van der Waals surface area contributed by atoms with Crippen molar-refractivity contribution >= 4 is 23.9 Å². The Hall–Kier alpha value is 0.0284. The van der Waals surface area contributed by atoms with Crippen molar-refractivity contribution in [2.75, 3.05) is 0 Å². The number of carbonyl (C=O) groups is 1. The molecule has 0 heterocycles. The van der Waals surface area contributed by atoms with Gasteiger partial charge in [-0.05, 0) is 0 Å². The summed E-state index contributed by atoms with van der Waals surface area (Å²) < 4.78 is 0. The normalized spacial score (nSPS) is 5.00. The van der Waals surface area contributed by atoms with Crippen LogP contribution in [0.5, 0.6) is 0 Å². The summed E-state index contributed by atoms with van der Waals surface area (Å²) in [5.74, 6) is -1.08. The van der Waals surface area contributed by atoms with Crippen molar-refractivity contribution in [3.8, 4) is 0 Å². The van der Waals surface area contributed by atoms with E-state index in [9.17, 15) is 0 Å². The Bertz CT molecular complexity index is 30.6. The fourth-order valence-corrected chi connectivity index (χ4v) is 0. The van der Waals surface area contributed by atoms with E-state index in [0.717, 1.165) is 0 Å². The van der Waals surface area contributed by atoms with E-state index in [1.165, 1.54) is 0 Å². The van der Waals surface area contributed by atoms with E-state index in [4.69, 9.17) is 9.90 Å². The van der Waals surface area contributed by atoms with Crippen molar-refractivity contribution in [3.63, 3.8) is 0 Å². The van der Waals surface area contributed by atoms with E-state index in [-0.39, 0.29) is 18.0 Å². The molecule has 1 N–H and O–H groups in total. The van der Waals surface area contributed by atoms with Crippen molar-refractivity contribution in [1.29, 1.82) is 0 Å². The van der Waals surface area contributed by atoms with E-state index in [0.29, 0.717) is 0 Å². The average Bonchev–Trinajstić information content (AvgIpc) is 0.811. The summed E-state index contributed by atoms with van der Waals surface area (Å²) in [5.41, 5.74) is 0. The monoisotopic (exact) mass is 137 g/mol. The van der Waals surface area contributed by atoms with Crippen molar-refractivity contribution in [2.24, 2.45) is 0 Å². The first-order chi connectivity index (χ1) is 1.73. The third-order valence-electron chi connectivity index (χ3n) is 0. The van der Waals surface area contributed by atoms with Crippen LogP contribution in [-0.2, 0) is 4.79 Å². The molecule has 3 heteroatoms. The molecule has 0 amide bonds. The Morgan fingerprint density at radius 1 is 1.80 bits per heavy atom. The summed E-state index contributed by atoms with van der Waals surface area (Å²) in [6, 6.07) is 0. The first-order valence-electron chi connectivity index (χ1n) is 0.781. The van der Waals surface area contributed by atoms with Gasteiger partial charge in [-0.15, -0.1) is 0 Å². The Morgan fingerprint density at radius 2 is 1.80 bits per heavy atom. The molecular weight excluding hydrogens is 131 g/mol. The Kier molecular flexibility index (Phi) is 7.17. The SMILES string of the molecule is [AsH3].[CH2]C(=O)O. The summed E-state index contributed by atoms with van der Waals surface area (Å²) in [6.07, 6.45) is 0. The summed E-state index contributed by atoms with van der Waals surface area (Å²) in [5, 5.41) is 7.31. The number of carboxylic acids is 1. The minimum absolute atomic E-state index is 0. The molecule has 0 aromatic carbocycles. The zero-order chi connectivity index (χ0) is 3.58. The summed E-state index contributed by atoms with van der Waals surface area (Å²) >= 11 is 0. The number of aliphatic carboxylic acids is 1. The van der Waals surface area contributed by atoms with Gasteiger partial charge in [0.15, 0.2) is 0 Å². The van der Waals surface area contributed by atoms with Crippen LogP contribution in [0.4, 0.5) is 0 Å². The quantitative estimate of drug-likeness (QED) is 0.422. The van der Waals surface area contributed by atoms with Crippen LogP contribution in [-0.4, -0.2) is 29.0 Å².